The number of ketones is 1. The molecule has 1 aliphatic carbocycles. The van der Waals surface area contributed by atoms with Crippen molar-refractivity contribution in [3.8, 4) is 6.07 Å². The maximum atomic E-state index is 15.6. The number of aliphatic hydroxyl groups is 1. The normalized spacial score (nSPS) is 22.9. The van der Waals surface area contributed by atoms with Gasteiger partial charge in [-0.25, -0.2) is 0 Å². The molecule has 0 spiro atoms. The van der Waals surface area contributed by atoms with Gasteiger partial charge >= 0.3 is 0 Å². The highest BCUT2D eigenvalue weighted by Gasteiger charge is 2.64. The smallest absolute Gasteiger partial charge is 0.169 e. The summed E-state index contributed by atoms with van der Waals surface area (Å²) in [5, 5.41) is 30.1. The predicted molar refractivity (Wildman–Crippen MR) is 211 cm³/mol. The van der Waals surface area contributed by atoms with E-state index in [1.807, 2.05) is 147 Å². The van der Waals surface area contributed by atoms with Crippen LogP contribution in [-0.2, 0) is 11.0 Å². The van der Waals surface area contributed by atoms with Gasteiger partial charge in [-0.15, -0.1) is 0 Å². The molecule has 0 aromatic heterocycles. The lowest BCUT2D eigenvalue weighted by Gasteiger charge is -2.56. The number of nitriles is 1. The van der Waals surface area contributed by atoms with Gasteiger partial charge < -0.3 is 5.11 Å². The molecule has 52 heavy (non-hydrogen) atoms. The van der Waals surface area contributed by atoms with E-state index in [0.29, 0.717) is 16.1 Å². The fraction of sp³-hybridized carbons (Fsp3) is 0.167. The average molecular weight is 696 g/mol. The molecule has 7 aromatic rings. The standard InChI is InChI=1S/C48H38ClNO2/c1-31-11-15-35(16-12-31)43-29-48(52,41-22-21-34-8-4-6-10-38(34)28-41)45(46(51)39-20-19-33-7-3-5-9-37(33)27-39)44(36-17-13-32(2)14-18-36)47(43,30-50)40-23-25-42(49)26-24-40/h3-28,43-45,52H,29H2,1-2H3/t43-,44-,45+,47-,48-/m0/s1. The maximum absolute atomic E-state index is 15.6. The molecule has 1 fully saturated rings. The number of hydrogen-bond donors (Lipinski definition) is 1. The lowest BCUT2D eigenvalue weighted by Crippen LogP contribution is -2.58. The maximum Gasteiger partial charge on any atom is 0.169 e. The largest absolute Gasteiger partial charge is 0.384 e. The summed E-state index contributed by atoms with van der Waals surface area (Å²) < 4.78 is 0. The van der Waals surface area contributed by atoms with Crippen molar-refractivity contribution in [3.05, 3.63) is 202 Å². The Morgan fingerprint density at radius 2 is 1.17 bits per heavy atom. The highest BCUT2D eigenvalue weighted by Crippen LogP contribution is 2.64. The summed E-state index contributed by atoms with van der Waals surface area (Å²) in [6.45, 7) is 4.07. The number of aryl methyl sites for hydroxylation is 2. The minimum Gasteiger partial charge on any atom is -0.384 e. The molecule has 0 amide bonds. The van der Waals surface area contributed by atoms with Crippen LogP contribution >= 0.6 is 11.6 Å². The van der Waals surface area contributed by atoms with Crippen LogP contribution in [0.25, 0.3) is 21.5 Å². The molecule has 8 rings (SSSR count). The first kappa shape index (κ1) is 33.6. The van der Waals surface area contributed by atoms with Crippen LogP contribution in [0.3, 0.4) is 0 Å². The first-order chi connectivity index (χ1) is 25.2. The van der Waals surface area contributed by atoms with Crippen molar-refractivity contribution in [2.24, 2.45) is 5.92 Å². The summed E-state index contributed by atoms with van der Waals surface area (Å²) in [7, 11) is 0. The number of benzene rings is 7. The van der Waals surface area contributed by atoms with E-state index >= 15 is 4.79 Å². The van der Waals surface area contributed by atoms with E-state index < -0.39 is 28.8 Å². The summed E-state index contributed by atoms with van der Waals surface area (Å²) in [5.41, 5.74) is 2.85. The molecule has 1 aliphatic rings. The Morgan fingerprint density at radius 3 is 1.77 bits per heavy atom. The average Bonchev–Trinajstić information content (AvgIpc) is 3.18. The Morgan fingerprint density at radius 1 is 0.654 bits per heavy atom. The molecular formula is C48H38ClNO2. The molecule has 0 heterocycles. The minimum absolute atomic E-state index is 0.136. The van der Waals surface area contributed by atoms with Crippen LogP contribution in [0.5, 0.6) is 0 Å². The van der Waals surface area contributed by atoms with Crippen molar-refractivity contribution in [1.29, 1.82) is 5.26 Å². The lowest BCUT2D eigenvalue weighted by molar-refractivity contribution is -0.0737. The predicted octanol–water partition coefficient (Wildman–Crippen LogP) is 11.4. The fourth-order valence-electron chi connectivity index (χ4n) is 8.73. The Kier molecular flexibility index (Phi) is 8.54. The van der Waals surface area contributed by atoms with Gasteiger partial charge in [0.25, 0.3) is 0 Å². The molecule has 0 bridgehead atoms. The number of hydrogen-bond acceptors (Lipinski definition) is 3. The van der Waals surface area contributed by atoms with Gasteiger partial charge in [0.2, 0.25) is 0 Å². The molecule has 1 N–H and O–H groups in total. The summed E-state index contributed by atoms with van der Waals surface area (Å²) in [5.74, 6) is -2.53. The first-order valence-electron chi connectivity index (χ1n) is 17.8. The number of fused-ring (bicyclic) bond motifs is 2. The molecule has 0 radical (unpaired) electrons. The van der Waals surface area contributed by atoms with E-state index in [1.165, 1.54) is 0 Å². The van der Waals surface area contributed by atoms with Gasteiger partial charge in [-0.2, -0.15) is 5.26 Å². The number of nitrogens with zero attached hydrogens (tertiary/aromatic N) is 1. The van der Waals surface area contributed by atoms with E-state index in [2.05, 4.69) is 30.3 Å². The van der Waals surface area contributed by atoms with Crippen molar-refractivity contribution in [2.75, 3.05) is 0 Å². The lowest BCUT2D eigenvalue weighted by atomic mass is 9.46. The number of halogens is 1. The third kappa shape index (κ3) is 5.60. The van der Waals surface area contributed by atoms with Crippen molar-refractivity contribution in [1.82, 2.24) is 0 Å². The molecule has 4 heteroatoms. The van der Waals surface area contributed by atoms with Gasteiger partial charge in [0, 0.05) is 22.4 Å². The summed E-state index contributed by atoms with van der Waals surface area (Å²) in [6, 6.07) is 54.5. The van der Waals surface area contributed by atoms with Crippen LogP contribution in [0, 0.1) is 31.1 Å². The van der Waals surface area contributed by atoms with E-state index in [0.717, 1.165) is 49.4 Å². The van der Waals surface area contributed by atoms with Gasteiger partial charge in [0.15, 0.2) is 5.78 Å². The van der Waals surface area contributed by atoms with Crippen LogP contribution in [-0.4, -0.2) is 10.9 Å². The summed E-state index contributed by atoms with van der Waals surface area (Å²) in [4.78, 5) is 15.6. The van der Waals surface area contributed by atoms with Gasteiger partial charge in [-0.05, 0) is 88.3 Å². The molecule has 254 valence electrons. The van der Waals surface area contributed by atoms with Gasteiger partial charge in [-0.1, -0.05) is 156 Å². The summed E-state index contributed by atoms with van der Waals surface area (Å²) >= 11 is 6.48. The van der Waals surface area contributed by atoms with E-state index in [1.54, 1.807) is 0 Å². The van der Waals surface area contributed by atoms with Gasteiger partial charge in [0.1, 0.15) is 5.60 Å². The number of rotatable bonds is 6. The molecule has 5 atom stereocenters. The van der Waals surface area contributed by atoms with Gasteiger partial charge in [-0.3, -0.25) is 4.79 Å². The fourth-order valence-corrected chi connectivity index (χ4v) is 8.85. The molecule has 0 unspecified atom stereocenters. The van der Waals surface area contributed by atoms with E-state index in [-0.39, 0.29) is 12.2 Å². The minimum atomic E-state index is -1.68. The summed E-state index contributed by atoms with van der Waals surface area (Å²) in [6.07, 6.45) is 0.136. The topological polar surface area (TPSA) is 61.1 Å². The SMILES string of the molecule is Cc1ccc([C@@H]2C[C@](O)(c3ccc4ccccc4c3)[C@@H](C(=O)c3ccc4ccccc4c3)[C@H](c3ccc(C)cc3)[C@@]2(C#N)c2ccc(Cl)cc2)cc1. The van der Waals surface area contributed by atoms with Crippen molar-refractivity contribution in [2.45, 2.75) is 43.1 Å². The van der Waals surface area contributed by atoms with E-state index in [4.69, 9.17) is 11.6 Å². The second-order valence-corrected chi connectivity index (χ2v) is 14.9. The number of carbonyl (C=O) groups excluding carboxylic acids is 1. The Balaban J connectivity index is 1.48. The van der Waals surface area contributed by atoms with Crippen LogP contribution in [0.2, 0.25) is 5.02 Å². The van der Waals surface area contributed by atoms with Gasteiger partial charge in [0.05, 0.1) is 17.4 Å². The van der Waals surface area contributed by atoms with Crippen LogP contribution in [0.15, 0.2) is 158 Å². The molecule has 0 aliphatic heterocycles. The molecule has 0 saturated heterocycles. The quantitative estimate of drug-likeness (QED) is 0.176. The van der Waals surface area contributed by atoms with Crippen molar-refractivity contribution >= 4 is 38.9 Å². The van der Waals surface area contributed by atoms with Crippen molar-refractivity contribution < 1.29 is 9.90 Å². The van der Waals surface area contributed by atoms with Crippen LogP contribution in [0.4, 0.5) is 0 Å². The van der Waals surface area contributed by atoms with Crippen molar-refractivity contribution in [3.63, 3.8) is 0 Å². The third-order valence-electron chi connectivity index (χ3n) is 11.4. The second kappa shape index (κ2) is 13.2. The van der Waals surface area contributed by atoms with E-state index in [9.17, 15) is 10.4 Å². The number of carbonyl (C=O) groups is 1. The highest BCUT2D eigenvalue weighted by molar-refractivity contribution is 6.30. The van der Waals surface area contributed by atoms with Crippen LogP contribution < -0.4 is 0 Å². The zero-order valence-corrected chi connectivity index (χ0v) is 29.9. The molecule has 3 nitrogen and oxygen atoms in total. The van der Waals surface area contributed by atoms with Crippen LogP contribution in [0.1, 0.15) is 62.0 Å². The Hall–Kier alpha value is -5.53. The molecule has 1 saturated carbocycles. The third-order valence-corrected chi connectivity index (χ3v) is 11.6. The zero-order valence-electron chi connectivity index (χ0n) is 29.1. The number of Topliss-reactive ketones (excluding diaryl/α,β-unsaturated/α-hetero) is 1. The molecular weight excluding hydrogens is 658 g/mol. The first-order valence-corrected chi connectivity index (χ1v) is 18.1. The zero-order chi connectivity index (χ0) is 36.0. The second-order valence-electron chi connectivity index (χ2n) is 14.4. The monoisotopic (exact) mass is 695 g/mol. The molecule has 7 aromatic carbocycles. The Bertz CT molecular complexity index is 2480. The Labute approximate surface area is 309 Å². The highest BCUT2D eigenvalue weighted by atomic mass is 35.5.